The molecule has 2 aromatic heterocycles. The fourth-order valence-corrected chi connectivity index (χ4v) is 4.22. The van der Waals surface area contributed by atoms with E-state index in [1.165, 1.54) is 37.8 Å². The maximum absolute atomic E-state index is 13.6. The van der Waals surface area contributed by atoms with Crippen LogP contribution in [0, 0.1) is 11.7 Å². The number of hydrogen-bond donors (Lipinski definition) is 1. The van der Waals surface area contributed by atoms with Crippen molar-refractivity contribution in [2.24, 2.45) is 5.92 Å². The van der Waals surface area contributed by atoms with Gasteiger partial charge in [0, 0.05) is 10.9 Å². The molecule has 0 unspecified atom stereocenters. The number of nitrogens with one attached hydrogen (secondary N) is 1. The molecule has 5 rings (SSSR count). The number of hydrogen-bond acceptors (Lipinski definition) is 4. The molecule has 0 amide bonds. The smallest absolute Gasteiger partial charge is 0.258 e. The van der Waals surface area contributed by atoms with E-state index in [4.69, 9.17) is 4.74 Å². The number of aromatic amines is 1. The maximum Gasteiger partial charge on any atom is 0.258 e. The Hall–Kier alpha value is -3.48. The van der Waals surface area contributed by atoms with E-state index in [-0.39, 0.29) is 11.4 Å². The van der Waals surface area contributed by atoms with Gasteiger partial charge in [-0.05, 0) is 60.9 Å². The van der Waals surface area contributed by atoms with Crippen LogP contribution in [0.4, 0.5) is 4.39 Å². The van der Waals surface area contributed by atoms with Gasteiger partial charge in [0.1, 0.15) is 17.3 Å². The Balaban J connectivity index is 1.31. The third-order valence-electron chi connectivity index (χ3n) is 5.95. The molecule has 1 aliphatic carbocycles. The summed E-state index contributed by atoms with van der Waals surface area (Å²) in [5.74, 6) is 1.28. The highest BCUT2D eigenvalue weighted by molar-refractivity contribution is 5.82. The quantitative estimate of drug-likeness (QED) is 0.485. The summed E-state index contributed by atoms with van der Waals surface area (Å²) in [5, 5.41) is 8.88. The van der Waals surface area contributed by atoms with Crippen molar-refractivity contribution in [2.45, 2.75) is 32.1 Å². The van der Waals surface area contributed by atoms with E-state index in [0.29, 0.717) is 22.2 Å². The van der Waals surface area contributed by atoms with Gasteiger partial charge < -0.3 is 9.72 Å². The normalized spacial score (nSPS) is 14.4. The molecule has 4 aromatic rings. The minimum absolute atomic E-state index is 0.294. The maximum atomic E-state index is 13.6. The van der Waals surface area contributed by atoms with Crippen LogP contribution in [0.3, 0.4) is 0 Å². The van der Waals surface area contributed by atoms with Crippen LogP contribution in [-0.2, 0) is 0 Å². The van der Waals surface area contributed by atoms with Crippen molar-refractivity contribution >= 4 is 10.9 Å². The molecular formula is C24H23FN4O2. The second-order valence-corrected chi connectivity index (χ2v) is 8.07. The molecule has 0 spiro atoms. The molecule has 31 heavy (non-hydrogen) atoms. The van der Waals surface area contributed by atoms with Gasteiger partial charge in [0.2, 0.25) is 0 Å². The van der Waals surface area contributed by atoms with Gasteiger partial charge >= 0.3 is 0 Å². The largest absolute Gasteiger partial charge is 0.494 e. The number of ether oxygens (including phenoxy) is 1. The molecule has 6 nitrogen and oxygen atoms in total. The van der Waals surface area contributed by atoms with E-state index >= 15 is 0 Å². The van der Waals surface area contributed by atoms with Gasteiger partial charge in [-0.3, -0.25) is 4.79 Å². The third-order valence-corrected chi connectivity index (χ3v) is 5.95. The SMILES string of the molecule is O=c1[nH]c2ccc(F)cc2cc1-c1cn(-c2ccc(OCCC3CCCC3)cc2)nn1. The third kappa shape index (κ3) is 4.21. The van der Waals surface area contributed by atoms with Gasteiger partial charge in [0.15, 0.2) is 0 Å². The number of H-pyrrole nitrogens is 1. The number of pyridine rings is 1. The monoisotopic (exact) mass is 418 g/mol. The first kappa shape index (κ1) is 19.5. The number of fused-ring (bicyclic) bond motifs is 1. The number of benzene rings is 2. The van der Waals surface area contributed by atoms with Crippen molar-refractivity contribution < 1.29 is 9.13 Å². The van der Waals surface area contributed by atoms with Gasteiger partial charge in [-0.25, -0.2) is 9.07 Å². The van der Waals surface area contributed by atoms with Crippen LogP contribution in [-0.4, -0.2) is 26.6 Å². The standard InChI is InChI=1S/C24H23FN4O2/c25-18-5-10-22-17(13-18)14-21(24(30)26-22)23-15-29(28-27-23)19-6-8-20(9-7-19)31-12-11-16-3-1-2-4-16/h5-10,13-16H,1-4,11-12H2,(H,26,30). The summed E-state index contributed by atoms with van der Waals surface area (Å²) in [6.45, 7) is 0.739. The van der Waals surface area contributed by atoms with Crippen molar-refractivity contribution in [3.8, 4) is 22.7 Å². The second-order valence-electron chi connectivity index (χ2n) is 8.07. The summed E-state index contributed by atoms with van der Waals surface area (Å²) < 4.78 is 21.0. The summed E-state index contributed by atoms with van der Waals surface area (Å²) in [5.41, 5.74) is 1.86. The van der Waals surface area contributed by atoms with Crippen LogP contribution in [0.1, 0.15) is 32.1 Å². The van der Waals surface area contributed by atoms with Gasteiger partial charge in [-0.2, -0.15) is 0 Å². The van der Waals surface area contributed by atoms with Gasteiger partial charge in [-0.15, -0.1) is 5.10 Å². The molecule has 7 heteroatoms. The van der Waals surface area contributed by atoms with Crippen molar-refractivity contribution in [1.82, 2.24) is 20.0 Å². The average molecular weight is 418 g/mol. The van der Waals surface area contributed by atoms with E-state index in [1.807, 2.05) is 24.3 Å². The summed E-state index contributed by atoms with van der Waals surface area (Å²) in [7, 11) is 0. The molecule has 1 N–H and O–H groups in total. The first-order chi connectivity index (χ1) is 15.2. The van der Waals surface area contributed by atoms with E-state index < -0.39 is 0 Å². The van der Waals surface area contributed by atoms with Crippen LogP contribution in [0.5, 0.6) is 5.75 Å². The summed E-state index contributed by atoms with van der Waals surface area (Å²) in [6, 6.07) is 13.5. The van der Waals surface area contributed by atoms with Crippen molar-refractivity contribution in [3.05, 3.63) is 70.9 Å². The molecule has 0 aliphatic heterocycles. The molecule has 1 aliphatic rings. The lowest BCUT2D eigenvalue weighted by molar-refractivity contribution is 0.279. The Morgan fingerprint density at radius 1 is 1.10 bits per heavy atom. The lowest BCUT2D eigenvalue weighted by Gasteiger charge is -2.10. The average Bonchev–Trinajstić information content (AvgIpc) is 3.46. The van der Waals surface area contributed by atoms with Gasteiger partial charge in [0.25, 0.3) is 5.56 Å². The summed E-state index contributed by atoms with van der Waals surface area (Å²) >= 11 is 0. The molecule has 0 saturated heterocycles. The van der Waals surface area contributed by atoms with Gasteiger partial charge in [-0.1, -0.05) is 30.9 Å². The molecule has 1 fully saturated rings. The van der Waals surface area contributed by atoms with Crippen molar-refractivity contribution in [2.75, 3.05) is 6.61 Å². The Labute approximate surface area is 178 Å². The zero-order valence-electron chi connectivity index (χ0n) is 17.1. The Morgan fingerprint density at radius 3 is 2.71 bits per heavy atom. The van der Waals surface area contributed by atoms with Crippen molar-refractivity contribution in [1.29, 1.82) is 0 Å². The first-order valence-corrected chi connectivity index (χ1v) is 10.6. The molecule has 0 bridgehead atoms. The van der Waals surface area contributed by atoms with E-state index in [1.54, 1.807) is 23.0 Å². The van der Waals surface area contributed by atoms with Crippen LogP contribution in [0.2, 0.25) is 0 Å². The van der Waals surface area contributed by atoms with E-state index in [0.717, 1.165) is 30.4 Å². The second kappa shape index (κ2) is 8.34. The fraction of sp³-hybridized carbons (Fsp3) is 0.292. The Morgan fingerprint density at radius 2 is 1.90 bits per heavy atom. The molecule has 2 heterocycles. The molecule has 2 aromatic carbocycles. The number of nitrogens with zero attached hydrogens (tertiary/aromatic N) is 3. The topological polar surface area (TPSA) is 72.8 Å². The lowest BCUT2D eigenvalue weighted by atomic mass is 10.1. The zero-order chi connectivity index (χ0) is 21.2. The molecule has 158 valence electrons. The Kier molecular flexibility index (Phi) is 5.24. The minimum Gasteiger partial charge on any atom is -0.494 e. The number of rotatable bonds is 6. The van der Waals surface area contributed by atoms with Crippen LogP contribution in [0.15, 0.2) is 59.5 Å². The van der Waals surface area contributed by atoms with Crippen LogP contribution >= 0.6 is 0 Å². The molecule has 0 radical (unpaired) electrons. The molecule has 0 atom stereocenters. The van der Waals surface area contributed by atoms with Crippen LogP contribution in [0.25, 0.3) is 27.8 Å². The van der Waals surface area contributed by atoms with Crippen molar-refractivity contribution in [3.63, 3.8) is 0 Å². The summed E-state index contributed by atoms with van der Waals surface area (Å²) in [4.78, 5) is 15.2. The zero-order valence-corrected chi connectivity index (χ0v) is 17.1. The fourth-order valence-electron chi connectivity index (χ4n) is 4.22. The van der Waals surface area contributed by atoms with E-state index in [2.05, 4.69) is 15.3 Å². The van der Waals surface area contributed by atoms with E-state index in [9.17, 15) is 9.18 Å². The highest BCUT2D eigenvalue weighted by Gasteiger charge is 2.15. The minimum atomic E-state index is -0.361. The predicted octanol–water partition coefficient (Wildman–Crippen LogP) is 4.87. The number of halogens is 1. The van der Waals surface area contributed by atoms with Crippen LogP contribution < -0.4 is 10.3 Å². The van der Waals surface area contributed by atoms with Gasteiger partial charge in [0.05, 0.1) is 24.1 Å². The predicted molar refractivity (Wildman–Crippen MR) is 117 cm³/mol. The highest BCUT2D eigenvalue weighted by Crippen LogP contribution is 2.27. The molecule has 1 saturated carbocycles. The Bertz CT molecular complexity index is 1260. The first-order valence-electron chi connectivity index (χ1n) is 10.6. The summed E-state index contributed by atoms with van der Waals surface area (Å²) in [6.07, 6.45) is 8.14. The lowest BCUT2D eigenvalue weighted by Crippen LogP contribution is -2.08. The molecular weight excluding hydrogens is 395 g/mol. The number of aromatic nitrogens is 4. The highest BCUT2D eigenvalue weighted by atomic mass is 19.1.